The number of ketones is 2. The van der Waals surface area contributed by atoms with E-state index in [1.165, 1.54) is 0 Å². The molecule has 3 rings (SSSR count). The smallest absolute Gasteiger partial charge is 0.167 e. The summed E-state index contributed by atoms with van der Waals surface area (Å²) in [5, 5.41) is 0. The van der Waals surface area contributed by atoms with Crippen molar-refractivity contribution in [3.63, 3.8) is 0 Å². The lowest BCUT2D eigenvalue weighted by Crippen LogP contribution is -2.39. The van der Waals surface area contributed by atoms with Crippen molar-refractivity contribution in [3.05, 3.63) is 34.9 Å². The summed E-state index contributed by atoms with van der Waals surface area (Å²) in [6.07, 6.45) is 3.14. The van der Waals surface area contributed by atoms with Gasteiger partial charge in [-0.05, 0) is 52.2 Å². The third-order valence-electron chi connectivity index (χ3n) is 6.14. The van der Waals surface area contributed by atoms with E-state index in [-0.39, 0.29) is 35.1 Å². The lowest BCUT2D eigenvalue weighted by atomic mass is 9.70. The summed E-state index contributed by atoms with van der Waals surface area (Å²) in [5.41, 5.74) is 1.88. The normalized spacial score (nSPS) is 24.5. The highest BCUT2D eigenvalue weighted by molar-refractivity contribution is 6.07. The minimum Gasteiger partial charge on any atom is -0.497 e. The minimum atomic E-state index is -0.238. The number of hydrogen-bond donors (Lipinski definition) is 0. The van der Waals surface area contributed by atoms with Crippen LogP contribution in [0.3, 0.4) is 0 Å². The van der Waals surface area contributed by atoms with Gasteiger partial charge in [-0.3, -0.25) is 9.59 Å². The Labute approximate surface area is 173 Å². The molecule has 1 fully saturated rings. The van der Waals surface area contributed by atoms with Gasteiger partial charge in [-0.15, -0.1) is 0 Å². The largest absolute Gasteiger partial charge is 0.497 e. The fourth-order valence-corrected chi connectivity index (χ4v) is 4.63. The summed E-state index contributed by atoms with van der Waals surface area (Å²) < 4.78 is 16.9. The Balaban J connectivity index is 1.91. The average molecular weight is 401 g/mol. The molecule has 0 spiro atoms. The lowest BCUT2D eigenvalue weighted by molar-refractivity contribution is -0.120. The van der Waals surface area contributed by atoms with E-state index >= 15 is 0 Å². The van der Waals surface area contributed by atoms with Crippen LogP contribution in [0.1, 0.15) is 70.2 Å². The topological polar surface area (TPSA) is 61.8 Å². The van der Waals surface area contributed by atoms with E-state index in [0.29, 0.717) is 29.1 Å². The highest BCUT2D eigenvalue weighted by Crippen LogP contribution is 2.53. The van der Waals surface area contributed by atoms with Crippen LogP contribution in [0.25, 0.3) is 0 Å². The van der Waals surface area contributed by atoms with Crippen molar-refractivity contribution in [3.8, 4) is 11.5 Å². The van der Waals surface area contributed by atoms with Gasteiger partial charge >= 0.3 is 0 Å². The highest BCUT2D eigenvalue weighted by Gasteiger charge is 2.49. The lowest BCUT2D eigenvalue weighted by Gasteiger charge is -2.40. The number of benzene rings is 1. The fourth-order valence-electron chi connectivity index (χ4n) is 4.63. The van der Waals surface area contributed by atoms with Crippen molar-refractivity contribution >= 4 is 11.6 Å². The molecule has 2 atom stereocenters. The number of methoxy groups -OCH3 is 2. The molecule has 158 valence electrons. The third-order valence-corrected chi connectivity index (χ3v) is 6.14. The van der Waals surface area contributed by atoms with Crippen molar-refractivity contribution in [1.82, 2.24) is 0 Å². The predicted octanol–water partition coefficient (Wildman–Crippen LogP) is 4.92. The number of Topliss-reactive ketones (excluding diaryl/α,β-unsaturated/α-hetero) is 2. The number of carbonyl (C=O) groups is 2. The monoisotopic (exact) mass is 400 g/mol. The van der Waals surface area contributed by atoms with Gasteiger partial charge in [0.1, 0.15) is 11.5 Å². The quantitative estimate of drug-likeness (QED) is 0.634. The van der Waals surface area contributed by atoms with Gasteiger partial charge in [-0.2, -0.15) is 0 Å². The van der Waals surface area contributed by atoms with Crippen LogP contribution in [-0.4, -0.2) is 37.5 Å². The van der Waals surface area contributed by atoms with E-state index in [0.717, 1.165) is 24.8 Å². The van der Waals surface area contributed by atoms with Gasteiger partial charge in [-0.25, -0.2) is 0 Å². The summed E-state index contributed by atoms with van der Waals surface area (Å²) in [6, 6.07) is 5.12. The van der Waals surface area contributed by atoms with Crippen LogP contribution < -0.4 is 9.47 Å². The minimum absolute atomic E-state index is 0.0765. The molecular formula is C24H32O5. The van der Waals surface area contributed by atoms with Crippen LogP contribution in [-0.2, 0) is 9.53 Å². The van der Waals surface area contributed by atoms with Gasteiger partial charge < -0.3 is 14.2 Å². The van der Waals surface area contributed by atoms with E-state index in [9.17, 15) is 9.59 Å². The molecule has 0 amide bonds. The number of fused-ring (bicyclic) bond motifs is 1. The van der Waals surface area contributed by atoms with Crippen LogP contribution in [0.4, 0.5) is 0 Å². The molecule has 2 aliphatic carbocycles. The molecular weight excluding hydrogens is 368 g/mol. The average Bonchev–Trinajstić information content (AvgIpc) is 2.98. The SMILES string of the molecule is COc1cc(OC)cc(C(=O)CC2=C3CC[C@H](OC(C)(C)C)[C@@]3(C)CCC2=O)c1. The first-order valence-corrected chi connectivity index (χ1v) is 10.3. The predicted molar refractivity (Wildman–Crippen MR) is 112 cm³/mol. The van der Waals surface area contributed by atoms with Crippen molar-refractivity contribution in [1.29, 1.82) is 0 Å². The number of ether oxygens (including phenoxy) is 3. The summed E-state index contributed by atoms with van der Waals surface area (Å²) in [6.45, 7) is 8.38. The second-order valence-corrected chi connectivity index (χ2v) is 9.26. The van der Waals surface area contributed by atoms with Crippen molar-refractivity contribution < 1.29 is 23.8 Å². The van der Waals surface area contributed by atoms with Crippen LogP contribution >= 0.6 is 0 Å². The molecule has 29 heavy (non-hydrogen) atoms. The summed E-state index contributed by atoms with van der Waals surface area (Å²) in [7, 11) is 3.11. The number of allylic oxidation sites excluding steroid dienone is 1. The number of hydrogen-bond acceptors (Lipinski definition) is 5. The van der Waals surface area contributed by atoms with Gasteiger partial charge in [0.15, 0.2) is 11.6 Å². The van der Waals surface area contributed by atoms with Gasteiger partial charge in [0, 0.05) is 35.5 Å². The molecule has 1 aromatic carbocycles. The Morgan fingerprint density at radius 1 is 1.10 bits per heavy atom. The van der Waals surface area contributed by atoms with Crippen molar-refractivity contribution in [2.24, 2.45) is 5.41 Å². The van der Waals surface area contributed by atoms with Crippen molar-refractivity contribution in [2.75, 3.05) is 14.2 Å². The van der Waals surface area contributed by atoms with Gasteiger partial charge in [0.25, 0.3) is 0 Å². The maximum absolute atomic E-state index is 13.1. The van der Waals surface area contributed by atoms with E-state index in [1.54, 1.807) is 32.4 Å². The Morgan fingerprint density at radius 3 is 2.28 bits per heavy atom. The molecule has 5 nitrogen and oxygen atoms in total. The van der Waals surface area contributed by atoms with Gasteiger partial charge in [-0.1, -0.05) is 12.5 Å². The van der Waals surface area contributed by atoms with Crippen LogP contribution in [0.2, 0.25) is 0 Å². The Kier molecular flexibility index (Phi) is 5.91. The molecule has 0 bridgehead atoms. The molecule has 0 N–H and O–H groups in total. The fraction of sp³-hybridized carbons (Fsp3) is 0.583. The third kappa shape index (κ3) is 4.40. The molecule has 1 saturated carbocycles. The second-order valence-electron chi connectivity index (χ2n) is 9.26. The van der Waals surface area contributed by atoms with Gasteiger partial charge in [0.2, 0.25) is 0 Å². The standard InChI is InChI=1S/C24H32O5/c1-23(2,3)29-22-8-7-19-18(20(25)9-10-24(19,22)4)14-21(26)15-11-16(27-5)13-17(12-15)28-6/h11-13,22H,7-10,14H2,1-6H3/t22-,24-/m0/s1. The molecule has 0 aliphatic heterocycles. The molecule has 0 unspecified atom stereocenters. The number of rotatable bonds is 6. The maximum Gasteiger partial charge on any atom is 0.167 e. The summed E-state index contributed by atoms with van der Waals surface area (Å²) >= 11 is 0. The van der Waals surface area contributed by atoms with Gasteiger partial charge in [0.05, 0.1) is 25.9 Å². The molecule has 0 heterocycles. The summed E-state index contributed by atoms with van der Waals surface area (Å²) in [4.78, 5) is 25.9. The summed E-state index contributed by atoms with van der Waals surface area (Å²) in [5.74, 6) is 1.12. The maximum atomic E-state index is 13.1. The zero-order valence-electron chi connectivity index (χ0n) is 18.4. The first kappa shape index (κ1) is 21.6. The molecule has 0 aromatic heterocycles. The van der Waals surface area contributed by atoms with Crippen LogP contribution in [0.5, 0.6) is 11.5 Å². The van der Waals surface area contributed by atoms with Crippen LogP contribution in [0.15, 0.2) is 29.3 Å². The first-order valence-electron chi connectivity index (χ1n) is 10.3. The zero-order chi connectivity index (χ0) is 21.4. The molecule has 5 heteroatoms. The number of carbonyl (C=O) groups excluding carboxylic acids is 2. The van der Waals surface area contributed by atoms with Crippen molar-refractivity contribution in [2.45, 2.75) is 71.5 Å². The molecule has 2 aliphatic rings. The second kappa shape index (κ2) is 7.94. The first-order chi connectivity index (χ1) is 13.6. The Morgan fingerprint density at radius 2 is 1.72 bits per heavy atom. The van der Waals surface area contributed by atoms with E-state index in [2.05, 4.69) is 27.7 Å². The van der Waals surface area contributed by atoms with E-state index in [1.807, 2.05) is 0 Å². The Bertz CT molecular complexity index is 823. The Hall–Kier alpha value is -2.14. The van der Waals surface area contributed by atoms with Crippen LogP contribution in [0, 0.1) is 5.41 Å². The molecule has 0 saturated heterocycles. The zero-order valence-corrected chi connectivity index (χ0v) is 18.4. The van der Waals surface area contributed by atoms with E-state index in [4.69, 9.17) is 14.2 Å². The molecule has 0 radical (unpaired) electrons. The highest BCUT2D eigenvalue weighted by atomic mass is 16.5. The van der Waals surface area contributed by atoms with E-state index < -0.39 is 0 Å². The molecule has 1 aromatic rings.